The van der Waals surface area contributed by atoms with Gasteiger partial charge in [-0.05, 0) is 23.8 Å². The molecule has 0 N–H and O–H groups in total. The van der Waals surface area contributed by atoms with Crippen molar-refractivity contribution >= 4 is 21.8 Å². The number of nitrogens with zero attached hydrogens (tertiary/aromatic N) is 1. The molecule has 0 saturated carbocycles. The molecule has 0 aliphatic heterocycles. The number of halogens is 2. The third-order valence-corrected chi connectivity index (χ3v) is 3.18. The van der Waals surface area contributed by atoms with Crippen molar-refractivity contribution in [2.24, 2.45) is 0 Å². The largest absolute Gasteiger partial charge is 0.337 e. The summed E-state index contributed by atoms with van der Waals surface area (Å²) in [6.07, 6.45) is 0. The first kappa shape index (κ1) is 13.7. The summed E-state index contributed by atoms with van der Waals surface area (Å²) in [5.41, 5.74) is 1.37. The number of carbonyl (C=O) groups is 1. The molecular formula is C15H13BrFNO. The standard InChI is InChI=1S/C15H13BrFNO/c1-18(10-11-5-3-2-4-6-11)15(19)12-7-13(16)9-14(17)8-12/h2-9H,10H2,1H3. The minimum atomic E-state index is -0.425. The van der Waals surface area contributed by atoms with Crippen molar-refractivity contribution in [1.29, 1.82) is 0 Å². The van der Waals surface area contributed by atoms with Gasteiger partial charge in [0.25, 0.3) is 5.91 Å². The Morgan fingerprint density at radius 3 is 2.53 bits per heavy atom. The van der Waals surface area contributed by atoms with Gasteiger partial charge >= 0.3 is 0 Å². The van der Waals surface area contributed by atoms with Gasteiger partial charge in [0.15, 0.2) is 0 Å². The Morgan fingerprint density at radius 1 is 1.21 bits per heavy atom. The number of amides is 1. The molecule has 2 aromatic carbocycles. The van der Waals surface area contributed by atoms with Crippen LogP contribution in [-0.2, 0) is 6.54 Å². The van der Waals surface area contributed by atoms with E-state index in [1.807, 2.05) is 30.3 Å². The molecule has 0 aromatic heterocycles. The lowest BCUT2D eigenvalue weighted by Gasteiger charge is -2.17. The smallest absolute Gasteiger partial charge is 0.254 e. The van der Waals surface area contributed by atoms with Crippen LogP contribution in [0.25, 0.3) is 0 Å². The second-order valence-corrected chi connectivity index (χ2v) is 5.22. The summed E-state index contributed by atoms with van der Waals surface area (Å²) >= 11 is 3.19. The lowest BCUT2D eigenvalue weighted by atomic mass is 10.1. The van der Waals surface area contributed by atoms with E-state index in [2.05, 4.69) is 15.9 Å². The van der Waals surface area contributed by atoms with Gasteiger partial charge in [0, 0.05) is 23.6 Å². The van der Waals surface area contributed by atoms with E-state index < -0.39 is 5.82 Å². The number of hydrogen-bond acceptors (Lipinski definition) is 1. The highest BCUT2D eigenvalue weighted by Gasteiger charge is 2.13. The summed E-state index contributed by atoms with van der Waals surface area (Å²) < 4.78 is 13.8. The van der Waals surface area contributed by atoms with Crippen molar-refractivity contribution < 1.29 is 9.18 Å². The van der Waals surface area contributed by atoms with Gasteiger partial charge in [-0.1, -0.05) is 46.3 Å². The highest BCUT2D eigenvalue weighted by Crippen LogP contribution is 2.16. The zero-order valence-electron chi connectivity index (χ0n) is 10.4. The maximum atomic E-state index is 13.3. The van der Waals surface area contributed by atoms with Crippen molar-refractivity contribution in [2.75, 3.05) is 7.05 Å². The van der Waals surface area contributed by atoms with Gasteiger partial charge < -0.3 is 4.90 Å². The molecule has 0 aliphatic rings. The van der Waals surface area contributed by atoms with E-state index in [4.69, 9.17) is 0 Å². The van der Waals surface area contributed by atoms with Crippen LogP contribution < -0.4 is 0 Å². The average molecular weight is 322 g/mol. The Labute approximate surface area is 120 Å². The third-order valence-electron chi connectivity index (χ3n) is 2.72. The SMILES string of the molecule is CN(Cc1ccccc1)C(=O)c1cc(F)cc(Br)c1. The number of hydrogen-bond donors (Lipinski definition) is 0. The van der Waals surface area contributed by atoms with Gasteiger partial charge in [-0.3, -0.25) is 4.79 Å². The van der Waals surface area contributed by atoms with Crippen LogP contribution in [0.1, 0.15) is 15.9 Å². The van der Waals surface area contributed by atoms with E-state index in [1.165, 1.54) is 12.1 Å². The molecule has 0 atom stereocenters. The monoisotopic (exact) mass is 321 g/mol. The minimum absolute atomic E-state index is 0.205. The maximum Gasteiger partial charge on any atom is 0.254 e. The molecule has 4 heteroatoms. The molecule has 0 fully saturated rings. The topological polar surface area (TPSA) is 20.3 Å². The average Bonchev–Trinajstić information content (AvgIpc) is 2.37. The molecular weight excluding hydrogens is 309 g/mol. The molecule has 0 heterocycles. The molecule has 1 amide bonds. The maximum absolute atomic E-state index is 13.3. The fourth-order valence-corrected chi connectivity index (χ4v) is 2.29. The highest BCUT2D eigenvalue weighted by molar-refractivity contribution is 9.10. The van der Waals surface area contributed by atoms with Gasteiger partial charge in [-0.25, -0.2) is 4.39 Å². The molecule has 0 radical (unpaired) electrons. The molecule has 0 unspecified atom stereocenters. The predicted molar refractivity (Wildman–Crippen MR) is 76.3 cm³/mol. The van der Waals surface area contributed by atoms with E-state index in [9.17, 15) is 9.18 Å². The molecule has 0 bridgehead atoms. The second kappa shape index (κ2) is 5.97. The van der Waals surface area contributed by atoms with Crippen LogP contribution in [0, 0.1) is 5.82 Å². The Bertz CT molecular complexity index is 566. The first-order valence-electron chi connectivity index (χ1n) is 5.82. The van der Waals surface area contributed by atoms with Gasteiger partial charge in [-0.2, -0.15) is 0 Å². The van der Waals surface area contributed by atoms with E-state index >= 15 is 0 Å². The molecule has 0 aliphatic carbocycles. The van der Waals surface area contributed by atoms with Crippen LogP contribution in [-0.4, -0.2) is 17.9 Å². The van der Waals surface area contributed by atoms with E-state index in [1.54, 1.807) is 18.0 Å². The molecule has 2 rings (SSSR count). The first-order chi connectivity index (χ1) is 9.06. The van der Waals surface area contributed by atoms with Gasteiger partial charge in [0.2, 0.25) is 0 Å². The second-order valence-electron chi connectivity index (χ2n) is 4.30. The van der Waals surface area contributed by atoms with Crippen LogP contribution >= 0.6 is 15.9 Å². The zero-order valence-corrected chi connectivity index (χ0v) is 12.0. The number of carbonyl (C=O) groups excluding carboxylic acids is 1. The minimum Gasteiger partial charge on any atom is -0.337 e. The molecule has 2 aromatic rings. The summed E-state index contributed by atoms with van der Waals surface area (Å²) in [5.74, 6) is -0.630. The quantitative estimate of drug-likeness (QED) is 0.840. The van der Waals surface area contributed by atoms with Gasteiger partial charge in [0.05, 0.1) is 0 Å². The lowest BCUT2D eigenvalue weighted by Crippen LogP contribution is -2.26. The number of benzene rings is 2. The van der Waals surface area contributed by atoms with Crippen molar-refractivity contribution in [2.45, 2.75) is 6.54 Å². The highest BCUT2D eigenvalue weighted by atomic mass is 79.9. The van der Waals surface area contributed by atoms with Gasteiger partial charge in [-0.15, -0.1) is 0 Å². The Hall–Kier alpha value is -1.68. The van der Waals surface area contributed by atoms with E-state index in [0.717, 1.165) is 5.56 Å². The van der Waals surface area contributed by atoms with Gasteiger partial charge in [0.1, 0.15) is 5.82 Å². The number of rotatable bonds is 3. The zero-order chi connectivity index (χ0) is 13.8. The summed E-state index contributed by atoms with van der Waals surface area (Å²) in [6.45, 7) is 0.494. The molecule has 2 nitrogen and oxygen atoms in total. The molecule has 19 heavy (non-hydrogen) atoms. The van der Waals surface area contributed by atoms with E-state index in [0.29, 0.717) is 16.6 Å². The fourth-order valence-electron chi connectivity index (χ4n) is 1.83. The summed E-state index contributed by atoms with van der Waals surface area (Å²) in [4.78, 5) is 13.8. The van der Waals surface area contributed by atoms with Crippen LogP contribution in [0.4, 0.5) is 4.39 Å². The molecule has 0 saturated heterocycles. The third kappa shape index (κ3) is 3.64. The summed E-state index contributed by atoms with van der Waals surface area (Å²) in [5, 5.41) is 0. The molecule has 98 valence electrons. The van der Waals surface area contributed by atoms with Crippen molar-refractivity contribution in [3.63, 3.8) is 0 Å². The van der Waals surface area contributed by atoms with Crippen LogP contribution in [0.2, 0.25) is 0 Å². The van der Waals surface area contributed by atoms with Crippen molar-refractivity contribution in [3.05, 3.63) is 69.9 Å². The predicted octanol–water partition coefficient (Wildman–Crippen LogP) is 3.86. The van der Waals surface area contributed by atoms with Crippen molar-refractivity contribution in [3.8, 4) is 0 Å². The van der Waals surface area contributed by atoms with Crippen LogP contribution in [0.15, 0.2) is 53.0 Å². The Kier molecular flexibility index (Phi) is 4.32. The Balaban J connectivity index is 2.15. The lowest BCUT2D eigenvalue weighted by molar-refractivity contribution is 0.0784. The summed E-state index contributed by atoms with van der Waals surface area (Å²) in [7, 11) is 1.70. The fraction of sp³-hybridized carbons (Fsp3) is 0.133. The van der Waals surface area contributed by atoms with Crippen molar-refractivity contribution in [1.82, 2.24) is 4.90 Å². The molecule has 0 spiro atoms. The normalized spacial score (nSPS) is 10.3. The van der Waals surface area contributed by atoms with Crippen LogP contribution in [0.5, 0.6) is 0 Å². The Morgan fingerprint density at radius 2 is 1.89 bits per heavy atom. The summed E-state index contributed by atoms with van der Waals surface area (Å²) in [6, 6.07) is 13.9. The first-order valence-corrected chi connectivity index (χ1v) is 6.61. The van der Waals surface area contributed by atoms with Crippen LogP contribution in [0.3, 0.4) is 0 Å². The van der Waals surface area contributed by atoms with E-state index in [-0.39, 0.29) is 5.91 Å².